The minimum atomic E-state index is -1.49. The Morgan fingerprint density at radius 1 is 1.33 bits per heavy atom. The lowest BCUT2D eigenvalue weighted by atomic mass is 10.1. The highest BCUT2D eigenvalue weighted by Gasteiger charge is 2.19. The van der Waals surface area contributed by atoms with Gasteiger partial charge in [-0.25, -0.2) is 8.78 Å². The normalized spacial score (nSPS) is 12.4. The Morgan fingerprint density at radius 2 is 2.00 bits per heavy atom. The molecule has 1 amide bonds. The molecule has 1 atom stereocenters. The molecule has 24 heavy (non-hydrogen) atoms. The molecule has 8 heteroatoms. The zero-order valence-electron chi connectivity index (χ0n) is 13.5. The van der Waals surface area contributed by atoms with Crippen molar-refractivity contribution < 1.29 is 18.7 Å². The van der Waals surface area contributed by atoms with Gasteiger partial charge >= 0.3 is 0 Å². The van der Waals surface area contributed by atoms with Crippen LogP contribution in [-0.2, 0) is 6.54 Å². The molecular weight excluding hydrogens is 318 g/mol. The Morgan fingerprint density at radius 3 is 2.62 bits per heavy atom. The average Bonchev–Trinajstić information content (AvgIpc) is 2.99. The van der Waals surface area contributed by atoms with Crippen molar-refractivity contribution in [3.05, 3.63) is 47.3 Å². The van der Waals surface area contributed by atoms with Gasteiger partial charge in [0.15, 0.2) is 5.69 Å². The van der Waals surface area contributed by atoms with Crippen LogP contribution in [0.1, 0.15) is 42.4 Å². The maximum absolute atomic E-state index is 13.6. The molecule has 1 aromatic carbocycles. The summed E-state index contributed by atoms with van der Waals surface area (Å²) >= 11 is 0. The van der Waals surface area contributed by atoms with Crippen molar-refractivity contribution in [3.63, 3.8) is 0 Å². The Bertz CT molecular complexity index is 683. The fraction of sp³-hybridized carbons (Fsp3) is 0.438. The van der Waals surface area contributed by atoms with E-state index in [1.807, 2.05) is 0 Å². The lowest BCUT2D eigenvalue weighted by molar-refractivity contribution is 0.0906. The standard InChI is InChI=1S/C16H20F2N4O2/c1-10(2)6-7-22-9-13(20-21-22)16(24)19-8-14(23)15-11(17)4-3-5-12(15)18/h3-5,9-10,14,23H,6-8H2,1-2H3,(H,19,24). The molecule has 0 spiro atoms. The predicted molar refractivity (Wildman–Crippen MR) is 83.1 cm³/mol. The topological polar surface area (TPSA) is 80.0 Å². The first-order valence-electron chi connectivity index (χ1n) is 7.68. The monoisotopic (exact) mass is 338 g/mol. The number of nitrogens with zero attached hydrogens (tertiary/aromatic N) is 3. The van der Waals surface area contributed by atoms with Crippen LogP contribution in [0.15, 0.2) is 24.4 Å². The van der Waals surface area contributed by atoms with Gasteiger partial charge in [0, 0.05) is 13.1 Å². The van der Waals surface area contributed by atoms with E-state index in [1.165, 1.54) is 12.3 Å². The van der Waals surface area contributed by atoms with E-state index < -0.39 is 29.2 Å². The largest absolute Gasteiger partial charge is 0.386 e. The Balaban J connectivity index is 1.93. The summed E-state index contributed by atoms with van der Waals surface area (Å²) in [6.07, 6.45) is 0.898. The molecule has 0 saturated heterocycles. The lowest BCUT2D eigenvalue weighted by Gasteiger charge is -2.13. The van der Waals surface area contributed by atoms with Crippen LogP contribution in [0.5, 0.6) is 0 Å². The third-order valence-corrected chi connectivity index (χ3v) is 3.50. The third kappa shape index (κ3) is 4.58. The molecule has 0 fully saturated rings. The van der Waals surface area contributed by atoms with Gasteiger partial charge in [-0.2, -0.15) is 0 Å². The number of aliphatic hydroxyl groups is 1. The molecule has 2 aromatic rings. The highest BCUT2D eigenvalue weighted by Crippen LogP contribution is 2.19. The number of benzene rings is 1. The summed E-state index contributed by atoms with van der Waals surface area (Å²) in [6, 6.07) is 3.29. The van der Waals surface area contributed by atoms with Gasteiger partial charge in [-0.1, -0.05) is 25.1 Å². The van der Waals surface area contributed by atoms with E-state index in [4.69, 9.17) is 0 Å². The van der Waals surface area contributed by atoms with Crippen LogP contribution >= 0.6 is 0 Å². The predicted octanol–water partition coefficient (Wildman–Crippen LogP) is 2.07. The van der Waals surface area contributed by atoms with Crippen LogP contribution in [0, 0.1) is 17.6 Å². The van der Waals surface area contributed by atoms with Gasteiger partial charge in [-0.3, -0.25) is 9.48 Å². The molecular formula is C16H20F2N4O2. The van der Waals surface area contributed by atoms with E-state index in [0.717, 1.165) is 18.6 Å². The van der Waals surface area contributed by atoms with Crippen molar-refractivity contribution in [2.45, 2.75) is 32.9 Å². The van der Waals surface area contributed by atoms with Crippen LogP contribution in [-0.4, -0.2) is 32.6 Å². The average molecular weight is 338 g/mol. The molecule has 0 aliphatic carbocycles. The van der Waals surface area contributed by atoms with E-state index in [2.05, 4.69) is 29.5 Å². The van der Waals surface area contributed by atoms with Crippen LogP contribution in [0.3, 0.4) is 0 Å². The second kappa shape index (κ2) is 7.96. The highest BCUT2D eigenvalue weighted by atomic mass is 19.1. The molecule has 1 heterocycles. The number of aryl methyl sites for hydroxylation is 1. The number of aromatic nitrogens is 3. The molecule has 2 N–H and O–H groups in total. The minimum Gasteiger partial charge on any atom is -0.386 e. The van der Waals surface area contributed by atoms with Crippen LogP contribution in [0.2, 0.25) is 0 Å². The number of nitrogens with one attached hydrogen (secondary N) is 1. The third-order valence-electron chi connectivity index (χ3n) is 3.50. The molecule has 130 valence electrons. The summed E-state index contributed by atoms with van der Waals surface area (Å²) in [5, 5.41) is 19.9. The number of aliphatic hydroxyl groups excluding tert-OH is 1. The molecule has 1 unspecified atom stereocenters. The molecule has 1 aromatic heterocycles. The number of carbonyl (C=O) groups excluding carboxylic acids is 1. The van der Waals surface area contributed by atoms with Crippen molar-refractivity contribution in [2.75, 3.05) is 6.54 Å². The van der Waals surface area contributed by atoms with Crippen molar-refractivity contribution in [1.29, 1.82) is 0 Å². The Labute approximate surface area is 138 Å². The summed E-state index contributed by atoms with van der Waals surface area (Å²) in [5.41, 5.74) is -0.390. The first-order valence-corrected chi connectivity index (χ1v) is 7.68. The molecule has 0 saturated carbocycles. The summed E-state index contributed by atoms with van der Waals surface area (Å²) in [4.78, 5) is 12.0. The number of amides is 1. The number of hydrogen-bond donors (Lipinski definition) is 2. The van der Waals surface area contributed by atoms with E-state index in [0.29, 0.717) is 12.5 Å². The lowest BCUT2D eigenvalue weighted by Crippen LogP contribution is -2.29. The maximum Gasteiger partial charge on any atom is 0.273 e. The zero-order valence-corrected chi connectivity index (χ0v) is 13.5. The van der Waals surface area contributed by atoms with Gasteiger partial charge in [0.05, 0.1) is 11.8 Å². The fourth-order valence-electron chi connectivity index (χ4n) is 2.11. The molecule has 0 aliphatic rings. The SMILES string of the molecule is CC(C)CCn1cc(C(=O)NCC(O)c2c(F)cccc2F)nn1. The summed E-state index contributed by atoms with van der Waals surface area (Å²) in [5.74, 6) is -1.80. The van der Waals surface area contributed by atoms with E-state index in [1.54, 1.807) is 4.68 Å². The second-order valence-electron chi connectivity index (χ2n) is 5.91. The molecule has 6 nitrogen and oxygen atoms in total. The van der Waals surface area contributed by atoms with Gasteiger partial charge in [0.2, 0.25) is 0 Å². The quantitative estimate of drug-likeness (QED) is 0.810. The number of rotatable bonds is 7. The van der Waals surface area contributed by atoms with Gasteiger partial charge in [-0.05, 0) is 24.5 Å². The summed E-state index contributed by atoms with van der Waals surface area (Å²) in [6.45, 7) is 4.46. The van der Waals surface area contributed by atoms with Crippen LogP contribution in [0.4, 0.5) is 8.78 Å². The zero-order chi connectivity index (χ0) is 17.7. The molecule has 0 radical (unpaired) electrons. The second-order valence-corrected chi connectivity index (χ2v) is 5.91. The van der Waals surface area contributed by atoms with Crippen molar-refractivity contribution in [2.24, 2.45) is 5.92 Å². The maximum atomic E-state index is 13.6. The molecule has 0 aliphatic heterocycles. The van der Waals surface area contributed by atoms with E-state index >= 15 is 0 Å². The summed E-state index contributed by atoms with van der Waals surface area (Å²) in [7, 11) is 0. The van der Waals surface area contributed by atoms with Crippen LogP contribution < -0.4 is 5.32 Å². The number of carbonyl (C=O) groups is 1. The van der Waals surface area contributed by atoms with Crippen LogP contribution in [0.25, 0.3) is 0 Å². The van der Waals surface area contributed by atoms with Crippen molar-refractivity contribution in [1.82, 2.24) is 20.3 Å². The van der Waals surface area contributed by atoms with E-state index in [-0.39, 0.29) is 12.2 Å². The van der Waals surface area contributed by atoms with Gasteiger partial charge in [-0.15, -0.1) is 5.10 Å². The molecule has 0 bridgehead atoms. The first-order chi connectivity index (χ1) is 11.4. The Kier molecular flexibility index (Phi) is 5.97. The fourth-order valence-corrected chi connectivity index (χ4v) is 2.11. The van der Waals surface area contributed by atoms with Crippen molar-refractivity contribution >= 4 is 5.91 Å². The van der Waals surface area contributed by atoms with E-state index in [9.17, 15) is 18.7 Å². The Hall–Kier alpha value is -2.35. The number of halogens is 2. The van der Waals surface area contributed by atoms with Gasteiger partial charge in [0.25, 0.3) is 5.91 Å². The molecule has 2 rings (SSSR count). The minimum absolute atomic E-state index is 0.0833. The van der Waals surface area contributed by atoms with Gasteiger partial charge < -0.3 is 10.4 Å². The smallest absolute Gasteiger partial charge is 0.273 e. The summed E-state index contributed by atoms with van der Waals surface area (Å²) < 4.78 is 28.7. The highest BCUT2D eigenvalue weighted by molar-refractivity contribution is 5.91. The van der Waals surface area contributed by atoms with Gasteiger partial charge in [0.1, 0.15) is 17.7 Å². The number of hydrogen-bond acceptors (Lipinski definition) is 4. The van der Waals surface area contributed by atoms with Crippen molar-refractivity contribution in [3.8, 4) is 0 Å². The first kappa shape index (κ1) is 18.0.